The molecule has 0 spiro atoms. The normalized spacial score (nSPS) is 17.7. The molecule has 1 aliphatic heterocycles. The molecular weight excluding hydrogens is 473 g/mol. The lowest BCUT2D eigenvalue weighted by molar-refractivity contribution is -0.137. The number of halogens is 1. The number of aryl methyl sites for hydroxylation is 1. The van der Waals surface area contributed by atoms with Crippen LogP contribution in [0, 0.1) is 12.7 Å². The van der Waals surface area contributed by atoms with Gasteiger partial charge in [-0.1, -0.05) is 24.3 Å². The molecule has 2 aromatic carbocycles. The van der Waals surface area contributed by atoms with E-state index in [1.807, 2.05) is 44.2 Å². The monoisotopic (exact) mass is 513 g/mol. The molecule has 7 heteroatoms. The Balaban J connectivity index is 1.61. The standard InChI is InChI=1S/C30H40FNO5/c1-5-35-29-11-7-10-26(27(29)14-15-30(34)36-6-2)22(4)37-20-25(33)19-32-16-8-9-24(32)17-23-13-12-21(3)28(31)18-23/h7,10-15,18,22,24-25,33H,5-6,8-9,16-17,19-20H2,1-4H3/b15-14+/t22-,24+,25-/m1/s1. The second-order valence-corrected chi connectivity index (χ2v) is 9.49. The molecule has 0 radical (unpaired) electrons. The van der Waals surface area contributed by atoms with Crippen LogP contribution in [0.1, 0.15) is 62.0 Å². The number of likely N-dealkylation sites (tertiary alicyclic amines) is 1. The summed E-state index contributed by atoms with van der Waals surface area (Å²) in [5.41, 5.74) is 3.25. The van der Waals surface area contributed by atoms with E-state index in [9.17, 15) is 14.3 Å². The topological polar surface area (TPSA) is 68.2 Å². The van der Waals surface area contributed by atoms with Crippen LogP contribution < -0.4 is 4.74 Å². The van der Waals surface area contributed by atoms with Gasteiger partial charge < -0.3 is 19.3 Å². The molecular formula is C30H40FNO5. The van der Waals surface area contributed by atoms with E-state index in [0.717, 1.165) is 42.5 Å². The number of hydrogen-bond donors (Lipinski definition) is 1. The Morgan fingerprint density at radius 1 is 1.24 bits per heavy atom. The number of esters is 1. The number of aliphatic hydroxyl groups excluding tert-OH is 1. The van der Waals surface area contributed by atoms with E-state index in [1.165, 1.54) is 6.08 Å². The Morgan fingerprint density at radius 2 is 2.05 bits per heavy atom. The van der Waals surface area contributed by atoms with Gasteiger partial charge >= 0.3 is 5.97 Å². The van der Waals surface area contributed by atoms with Crippen molar-refractivity contribution in [3.05, 3.63) is 70.5 Å². The van der Waals surface area contributed by atoms with Gasteiger partial charge in [0.05, 0.1) is 32.0 Å². The fourth-order valence-electron chi connectivity index (χ4n) is 4.79. The molecule has 3 rings (SSSR count). The molecule has 1 N–H and O–H groups in total. The first kappa shape index (κ1) is 28.8. The first-order valence-electron chi connectivity index (χ1n) is 13.2. The lowest BCUT2D eigenvalue weighted by Crippen LogP contribution is -2.39. The predicted octanol–water partition coefficient (Wildman–Crippen LogP) is 5.25. The van der Waals surface area contributed by atoms with Crippen LogP contribution in [0.15, 0.2) is 42.5 Å². The van der Waals surface area contributed by atoms with Crippen molar-refractivity contribution in [2.75, 3.05) is 32.9 Å². The van der Waals surface area contributed by atoms with Gasteiger partial charge in [0.2, 0.25) is 0 Å². The van der Waals surface area contributed by atoms with Gasteiger partial charge in [0.25, 0.3) is 0 Å². The highest BCUT2D eigenvalue weighted by molar-refractivity contribution is 5.88. The number of aliphatic hydroxyl groups is 1. The Hall–Kier alpha value is -2.74. The number of nitrogens with zero attached hydrogens (tertiary/aromatic N) is 1. The lowest BCUT2D eigenvalue weighted by Gasteiger charge is -2.28. The molecule has 1 aliphatic rings. The second kappa shape index (κ2) is 14.3. The highest BCUT2D eigenvalue weighted by atomic mass is 19.1. The van der Waals surface area contributed by atoms with Gasteiger partial charge in [0.15, 0.2) is 0 Å². The Morgan fingerprint density at radius 3 is 2.78 bits per heavy atom. The van der Waals surface area contributed by atoms with Crippen LogP contribution in [0.4, 0.5) is 4.39 Å². The predicted molar refractivity (Wildman–Crippen MR) is 143 cm³/mol. The SMILES string of the molecule is CCOC(=O)/C=C/c1c(OCC)cccc1[C@@H](C)OC[C@H](O)CN1CCC[C@H]1Cc1ccc(C)c(F)c1. The number of β-amino-alcohol motifs (C(OH)–C–C–N with tert-alkyl or cyclic N) is 1. The van der Waals surface area contributed by atoms with Gasteiger partial charge in [-0.25, -0.2) is 9.18 Å². The average molecular weight is 514 g/mol. The summed E-state index contributed by atoms with van der Waals surface area (Å²) in [7, 11) is 0. The molecule has 0 aromatic heterocycles. The summed E-state index contributed by atoms with van der Waals surface area (Å²) in [6.45, 7) is 9.73. The van der Waals surface area contributed by atoms with E-state index in [-0.39, 0.29) is 24.6 Å². The molecule has 37 heavy (non-hydrogen) atoms. The van der Waals surface area contributed by atoms with Gasteiger partial charge in [-0.05, 0) is 88.4 Å². The Labute approximate surface area is 220 Å². The quantitative estimate of drug-likeness (QED) is 0.291. The van der Waals surface area contributed by atoms with Gasteiger partial charge in [-0.3, -0.25) is 4.90 Å². The van der Waals surface area contributed by atoms with Crippen LogP contribution in [0.5, 0.6) is 5.75 Å². The third kappa shape index (κ3) is 8.38. The summed E-state index contributed by atoms with van der Waals surface area (Å²) in [6, 6.07) is 11.4. The summed E-state index contributed by atoms with van der Waals surface area (Å²) < 4.78 is 30.8. The number of hydrogen-bond acceptors (Lipinski definition) is 6. The van der Waals surface area contributed by atoms with E-state index in [2.05, 4.69) is 4.90 Å². The Bertz CT molecular complexity index is 1060. The zero-order valence-corrected chi connectivity index (χ0v) is 22.4. The van der Waals surface area contributed by atoms with E-state index in [1.54, 1.807) is 26.0 Å². The molecule has 1 fully saturated rings. The second-order valence-electron chi connectivity index (χ2n) is 9.49. The minimum atomic E-state index is -0.661. The average Bonchev–Trinajstić information content (AvgIpc) is 3.30. The smallest absolute Gasteiger partial charge is 0.330 e. The molecule has 1 heterocycles. The summed E-state index contributed by atoms with van der Waals surface area (Å²) in [6.07, 6.45) is 4.94. The maximum Gasteiger partial charge on any atom is 0.330 e. The van der Waals surface area contributed by atoms with Crippen molar-refractivity contribution in [1.82, 2.24) is 4.90 Å². The summed E-state index contributed by atoms with van der Waals surface area (Å²) in [4.78, 5) is 14.2. The highest BCUT2D eigenvalue weighted by Gasteiger charge is 2.27. The molecule has 3 atom stereocenters. The van der Waals surface area contributed by atoms with Crippen LogP contribution in [0.2, 0.25) is 0 Å². The van der Waals surface area contributed by atoms with Crippen molar-refractivity contribution in [3.8, 4) is 5.75 Å². The lowest BCUT2D eigenvalue weighted by atomic mass is 10.0. The Kier molecular flexibility index (Phi) is 11.1. The van der Waals surface area contributed by atoms with Crippen molar-refractivity contribution in [3.63, 3.8) is 0 Å². The van der Waals surface area contributed by atoms with Crippen molar-refractivity contribution in [1.29, 1.82) is 0 Å². The third-order valence-corrected chi connectivity index (χ3v) is 6.70. The minimum Gasteiger partial charge on any atom is -0.493 e. The van der Waals surface area contributed by atoms with Crippen molar-refractivity contribution in [2.45, 2.75) is 65.2 Å². The molecule has 0 unspecified atom stereocenters. The van der Waals surface area contributed by atoms with Gasteiger partial charge in [0.1, 0.15) is 11.6 Å². The summed E-state index contributed by atoms with van der Waals surface area (Å²) in [5, 5.41) is 10.8. The maximum absolute atomic E-state index is 14.0. The highest BCUT2D eigenvalue weighted by Crippen LogP contribution is 2.31. The van der Waals surface area contributed by atoms with Crippen molar-refractivity contribution < 1.29 is 28.5 Å². The van der Waals surface area contributed by atoms with E-state index >= 15 is 0 Å². The van der Waals surface area contributed by atoms with Crippen molar-refractivity contribution >= 4 is 12.0 Å². The van der Waals surface area contributed by atoms with E-state index in [0.29, 0.717) is 31.1 Å². The fraction of sp³-hybridized carbons (Fsp3) is 0.500. The third-order valence-electron chi connectivity index (χ3n) is 6.70. The first-order chi connectivity index (χ1) is 17.8. The van der Waals surface area contributed by atoms with Crippen LogP contribution >= 0.6 is 0 Å². The summed E-state index contributed by atoms with van der Waals surface area (Å²) >= 11 is 0. The van der Waals surface area contributed by atoms with Crippen LogP contribution in [0.3, 0.4) is 0 Å². The van der Waals surface area contributed by atoms with Gasteiger partial charge in [-0.15, -0.1) is 0 Å². The molecule has 202 valence electrons. The zero-order chi connectivity index (χ0) is 26.8. The molecule has 0 amide bonds. The molecule has 0 aliphatic carbocycles. The molecule has 1 saturated heterocycles. The van der Waals surface area contributed by atoms with E-state index < -0.39 is 12.1 Å². The number of carbonyl (C=O) groups is 1. The van der Waals surface area contributed by atoms with Gasteiger partial charge in [-0.2, -0.15) is 0 Å². The van der Waals surface area contributed by atoms with Crippen LogP contribution in [0.25, 0.3) is 6.08 Å². The molecule has 2 aromatic rings. The molecule has 6 nitrogen and oxygen atoms in total. The van der Waals surface area contributed by atoms with Crippen LogP contribution in [-0.4, -0.2) is 61.0 Å². The van der Waals surface area contributed by atoms with Gasteiger partial charge in [0, 0.05) is 24.2 Å². The number of rotatable bonds is 13. The van der Waals surface area contributed by atoms with E-state index in [4.69, 9.17) is 14.2 Å². The zero-order valence-electron chi connectivity index (χ0n) is 22.4. The minimum absolute atomic E-state index is 0.170. The fourth-order valence-corrected chi connectivity index (χ4v) is 4.79. The molecule has 0 saturated carbocycles. The largest absolute Gasteiger partial charge is 0.493 e. The molecule has 0 bridgehead atoms. The first-order valence-corrected chi connectivity index (χ1v) is 13.2. The van der Waals surface area contributed by atoms with Crippen LogP contribution in [-0.2, 0) is 20.7 Å². The number of benzene rings is 2. The summed E-state index contributed by atoms with van der Waals surface area (Å²) in [5.74, 6) is 0.0654. The number of ether oxygens (including phenoxy) is 3. The van der Waals surface area contributed by atoms with Crippen molar-refractivity contribution in [2.24, 2.45) is 0 Å². The maximum atomic E-state index is 14.0. The number of carbonyl (C=O) groups excluding carboxylic acids is 1.